The Bertz CT molecular complexity index is 1140. The number of halogens is 1. The summed E-state index contributed by atoms with van der Waals surface area (Å²) < 4.78 is 30.0. The molecule has 1 N–H and O–H groups in total. The van der Waals surface area contributed by atoms with E-state index in [4.69, 9.17) is 11.6 Å². The van der Waals surface area contributed by atoms with Gasteiger partial charge in [-0.15, -0.1) is 6.58 Å². The molecule has 35 heavy (non-hydrogen) atoms. The van der Waals surface area contributed by atoms with Gasteiger partial charge >= 0.3 is 5.97 Å². The van der Waals surface area contributed by atoms with E-state index in [2.05, 4.69) is 6.58 Å². The number of carboxylic acids is 1. The largest absolute Gasteiger partial charge is 0.481 e. The molecular formula is C27H32ClNO4S2. The number of benzene rings is 2. The first-order chi connectivity index (χ1) is 16.7. The van der Waals surface area contributed by atoms with Crippen LogP contribution in [0.2, 0.25) is 5.02 Å². The Morgan fingerprint density at radius 2 is 1.77 bits per heavy atom. The summed E-state index contributed by atoms with van der Waals surface area (Å²) in [4.78, 5) is 13.0. The van der Waals surface area contributed by atoms with E-state index in [9.17, 15) is 18.3 Å². The number of hydrogen-bond donors (Lipinski definition) is 1. The van der Waals surface area contributed by atoms with Crippen molar-refractivity contribution < 1.29 is 18.3 Å². The molecule has 0 aromatic heterocycles. The Kier molecular flexibility index (Phi) is 8.31. The zero-order valence-electron chi connectivity index (χ0n) is 19.8. The summed E-state index contributed by atoms with van der Waals surface area (Å²) in [7, 11) is -3.98. The Labute approximate surface area is 217 Å². The van der Waals surface area contributed by atoms with E-state index in [1.54, 1.807) is 54.6 Å². The molecule has 2 aromatic carbocycles. The van der Waals surface area contributed by atoms with Crippen LogP contribution in [0.3, 0.4) is 0 Å². The molecule has 0 radical (unpaired) electrons. The fourth-order valence-electron chi connectivity index (χ4n) is 5.60. The minimum absolute atomic E-state index is 0.192. The molecule has 0 bridgehead atoms. The minimum atomic E-state index is -3.98. The maximum atomic E-state index is 14.2. The molecule has 5 nitrogen and oxygen atoms in total. The molecule has 2 fully saturated rings. The summed E-state index contributed by atoms with van der Waals surface area (Å²) in [6, 6.07) is 12.5. The summed E-state index contributed by atoms with van der Waals surface area (Å²) >= 11 is 7.63. The van der Waals surface area contributed by atoms with Gasteiger partial charge in [-0.25, -0.2) is 8.42 Å². The molecule has 0 amide bonds. The van der Waals surface area contributed by atoms with Crippen LogP contribution in [0.4, 0.5) is 0 Å². The second-order valence-electron chi connectivity index (χ2n) is 9.55. The van der Waals surface area contributed by atoms with Gasteiger partial charge in [-0.2, -0.15) is 16.1 Å². The minimum Gasteiger partial charge on any atom is -0.481 e. The Balaban J connectivity index is 1.89. The van der Waals surface area contributed by atoms with Crippen LogP contribution >= 0.6 is 23.4 Å². The van der Waals surface area contributed by atoms with Gasteiger partial charge in [0, 0.05) is 22.1 Å². The fraction of sp³-hybridized carbons (Fsp3) is 0.444. The van der Waals surface area contributed by atoms with E-state index < -0.39 is 39.2 Å². The normalized spacial score (nSPS) is 25.7. The zero-order valence-corrected chi connectivity index (χ0v) is 22.2. The number of sulfonamides is 1. The maximum Gasteiger partial charge on any atom is 0.309 e. The summed E-state index contributed by atoms with van der Waals surface area (Å²) in [6.45, 7) is 5.73. The summed E-state index contributed by atoms with van der Waals surface area (Å²) in [6.07, 6.45) is 6.79. The Hall–Kier alpha value is -1.80. The quantitative estimate of drug-likeness (QED) is 0.381. The zero-order chi connectivity index (χ0) is 25.2. The number of rotatable bonds is 9. The first-order valence-corrected chi connectivity index (χ1v) is 14.9. The molecule has 8 heteroatoms. The lowest BCUT2D eigenvalue weighted by Crippen LogP contribution is -2.41. The third kappa shape index (κ3) is 5.48. The molecule has 1 aliphatic carbocycles. The monoisotopic (exact) mass is 533 g/mol. The van der Waals surface area contributed by atoms with Crippen molar-refractivity contribution in [3.05, 3.63) is 77.3 Å². The molecule has 4 rings (SSSR count). The van der Waals surface area contributed by atoms with Crippen molar-refractivity contribution in [1.82, 2.24) is 4.31 Å². The van der Waals surface area contributed by atoms with Crippen LogP contribution < -0.4 is 0 Å². The lowest BCUT2D eigenvalue weighted by atomic mass is 9.91. The molecule has 3 unspecified atom stereocenters. The SMILES string of the molecule is C=CCSC1C(CC2CCCC2)N(S(=O)(=O)c2ccc(C)cc2)C(c2ccc(Cl)cc2)[C@@H]1C(=O)O. The van der Waals surface area contributed by atoms with E-state index in [-0.39, 0.29) is 4.90 Å². The number of aliphatic carboxylic acids is 1. The van der Waals surface area contributed by atoms with Gasteiger partial charge in [0.1, 0.15) is 0 Å². The Morgan fingerprint density at radius 3 is 2.34 bits per heavy atom. The van der Waals surface area contributed by atoms with E-state index in [0.717, 1.165) is 31.2 Å². The van der Waals surface area contributed by atoms with Gasteiger partial charge in [-0.1, -0.05) is 73.2 Å². The molecule has 2 aliphatic rings. The molecule has 1 saturated carbocycles. The molecular weight excluding hydrogens is 502 g/mol. The second kappa shape index (κ2) is 11.1. The van der Waals surface area contributed by atoms with Crippen molar-refractivity contribution in [2.75, 3.05) is 5.75 Å². The number of carbonyl (C=O) groups is 1. The van der Waals surface area contributed by atoms with Gasteiger partial charge in [0.2, 0.25) is 10.0 Å². The first-order valence-electron chi connectivity index (χ1n) is 12.0. The van der Waals surface area contributed by atoms with Crippen LogP contribution in [-0.2, 0) is 14.8 Å². The smallest absolute Gasteiger partial charge is 0.309 e. The number of thioether (sulfide) groups is 1. The first kappa shape index (κ1) is 26.3. The van der Waals surface area contributed by atoms with Crippen LogP contribution in [-0.4, -0.2) is 40.8 Å². The van der Waals surface area contributed by atoms with Gasteiger partial charge in [0.25, 0.3) is 0 Å². The topological polar surface area (TPSA) is 74.7 Å². The van der Waals surface area contributed by atoms with E-state index in [0.29, 0.717) is 28.7 Å². The van der Waals surface area contributed by atoms with Crippen LogP contribution in [0, 0.1) is 18.8 Å². The molecule has 2 aromatic rings. The van der Waals surface area contributed by atoms with E-state index in [1.165, 1.54) is 16.1 Å². The lowest BCUT2D eigenvalue weighted by Gasteiger charge is -2.32. The number of hydrogen-bond acceptors (Lipinski definition) is 4. The molecule has 1 aliphatic heterocycles. The summed E-state index contributed by atoms with van der Waals surface area (Å²) in [5.74, 6) is -0.931. The number of aryl methyl sites for hydroxylation is 1. The highest BCUT2D eigenvalue weighted by molar-refractivity contribution is 8.00. The van der Waals surface area contributed by atoms with Gasteiger partial charge in [-0.3, -0.25) is 4.79 Å². The highest BCUT2D eigenvalue weighted by Crippen LogP contribution is 2.51. The van der Waals surface area contributed by atoms with Crippen LogP contribution in [0.5, 0.6) is 0 Å². The van der Waals surface area contributed by atoms with Crippen molar-refractivity contribution in [3.63, 3.8) is 0 Å². The lowest BCUT2D eigenvalue weighted by molar-refractivity contribution is -0.142. The van der Waals surface area contributed by atoms with Crippen LogP contribution in [0.25, 0.3) is 0 Å². The predicted molar refractivity (Wildman–Crippen MR) is 142 cm³/mol. The second-order valence-corrected chi connectivity index (χ2v) is 13.0. The van der Waals surface area contributed by atoms with E-state index in [1.807, 2.05) is 6.92 Å². The number of carboxylic acid groups (broad SMARTS) is 1. The average molecular weight is 534 g/mol. The van der Waals surface area contributed by atoms with Crippen molar-refractivity contribution >= 4 is 39.4 Å². The highest BCUT2D eigenvalue weighted by atomic mass is 35.5. The van der Waals surface area contributed by atoms with Crippen LogP contribution in [0.15, 0.2) is 66.1 Å². The standard InChI is InChI=1S/C27H32ClNO4S2/c1-3-16-34-26-23(17-19-6-4-5-7-19)29(35(32,33)22-14-8-18(2)9-15-22)25(24(26)27(30)31)20-10-12-21(28)13-11-20/h3,8-15,19,23-26H,1,4-7,16-17H2,2H3,(H,30,31)/t23?,24-,25?,26?/m0/s1. The van der Waals surface area contributed by atoms with Crippen LogP contribution in [0.1, 0.15) is 49.3 Å². The average Bonchev–Trinajstić information content (AvgIpc) is 3.45. The van der Waals surface area contributed by atoms with Crippen molar-refractivity contribution in [3.8, 4) is 0 Å². The summed E-state index contributed by atoms with van der Waals surface area (Å²) in [5, 5.41) is 10.6. The summed E-state index contributed by atoms with van der Waals surface area (Å²) in [5.41, 5.74) is 1.61. The van der Waals surface area contributed by atoms with Crippen molar-refractivity contribution in [2.24, 2.45) is 11.8 Å². The molecule has 188 valence electrons. The molecule has 4 atom stereocenters. The predicted octanol–water partition coefficient (Wildman–Crippen LogP) is 6.33. The van der Waals surface area contributed by atoms with E-state index >= 15 is 0 Å². The maximum absolute atomic E-state index is 14.2. The number of nitrogens with zero attached hydrogens (tertiary/aromatic N) is 1. The van der Waals surface area contributed by atoms with Gasteiger partial charge in [0.05, 0.1) is 16.9 Å². The Morgan fingerprint density at radius 1 is 1.14 bits per heavy atom. The fourth-order valence-corrected chi connectivity index (χ4v) is 8.94. The third-order valence-electron chi connectivity index (χ3n) is 7.22. The molecule has 0 spiro atoms. The third-order valence-corrected chi connectivity index (χ3v) is 10.8. The van der Waals surface area contributed by atoms with Gasteiger partial charge < -0.3 is 5.11 Å². The molecule has 1 saturated heterocycles. The molecule has 1 heterocycles. The van der Waals surface area contributed by atoms with Gasteiger partial charge in [-0.05, 0) is 49.1 Å². The van der Waals surface area contributed by atoms with Crippen molar-refractivity contribution in [2.45, 2.75) is 61.3 Å². The van der Waals surface area contributed by atoms with Gasteiger partial charge in [0.15, 0.2) is 0 Å². The van der Waals surface area contributed by atoms with Crippen molar-refractivity contribution in [1.29, 1.82) is 0 Å². The highest BCUT2D eigenvalue weighted by Gasteiger charge is 2.57.